The number of ether oxygens (including phenoxy) is 1. The van der Waals surface area contributed by atoms with Gasteiger partial charge in [-0.05, 0) is 115 Å². The average molecular weight is 568 g/mol. The Kier molecular flexibility index (Phi) is 7.68. The molecule has 0 aromatic heterocycles. The number of aldehydes is 1. The summed E-state index contributed by atoms with van der Waals surface area (Å²) >= 11 is 0. The first-order valence-corrected chi connectivity index (χ1v) is 16.7. The predicted octanol–water partition coefficient (Wildman–Crippen LogP) is 7.82. The van der Waals surface area contributed by atoms with Gasteiger partial charge in [0.05, 0.1) is 5.41 Å². The molecule has 0 aliphatic heterocycles. The van der Waals surface area contributed by atoms with Crippen molar-refractivity contribution in [3.8, 4) is 0 Å². The maximum atomic E-state index is 13.6. The lowest BCUT2D eigenvalue weighted by Crippen LogP contribution is -2.67. The highest BCUT2D eigenvalue weighted by molar-refractivity contribution is 5.84. The van der Waals surface area contributed by atoms with Crippen molar-refractivity contribution in [1.29, 1.82) is 0 Å². The highest BCUT2D eigenvalue weighted by atomic mass is 16.5. The molecule has 4 saturated carbocycles. The SMILES string of the molecule is CNC(=O)C12CCC(C)(C)CC1C1=CCC3C4(C)CCC(OC(=O)CCCC=O)C(C)C4(C)CCC3(C)[C@]1(C)CC2. The van der Waals surface area contributed by atoms with Crippen molar-refractivity contribution >= 4 is 18.2 Å². The average Bonchev–Trinajstić information content (AvgIpc) is 2.92. The van der Waals surface area contributed by atoms with Crippen LogP contribution in [0.1, 0.15) is 132 Å². The van der Waals surface area contributed by atoms with Crippen LogP contribution < -0.4 is 5.32 Å². The second-order valence-corrected chi connectivity index (χ2v) is 16.6. The summed E-state index contributed by atoms with van der Waals surface area (Å²) in [6.07, 6.45) is 15.6. The fraction of sp³-hybridized carbons (Fsp3) is 0.861. The minimum atomic E-state index is -0.256. The monoisotopic (exact) mass is 567 g/mol. The maximum absolute atomic E-state index is 13.6. The van der Waals surface area contributed by atoms with Gasteiger partial charge in [-0.1, -0.05) is 60.1 Å². The Balaban J connectivity index is 1.46. The van der Waals surface area contributed by atoms with Gasteiger partial charge >= 0.3 is 5.97 Å². The molecule has 0 saturated heterocycles. The third kappa shape index (κ3) is 4.32. The van der Waals surface area contributed by atoms with Gasteiger partial charge in [0, 0.05) is 19.9 Å². The van der Waals surface area contributed by atoms with E-state index >= 15 is 0 Å². The van der Waals surface area contributed by atoms with Gasteiger partial charge in [-0.15, -0.1) is 0 Å². The summed E-state index contributed by atoms with van der Waals surface area (Å²) in [5.41, 5.74) is 2.14. The number of carbonyl (C=O) groups is 3. The van der Waals surface area contributed by atoms with E-state index in [4.69, 9.17) is 4.74 Å². The van der Waals surface area contributed by atoms with Crippen LogP contribution in [0.25, 0.3) is 0 Å². The zero-order valence-electron chi connectivity index (χ0n) is 27.3. The van der Waals surface area contributed by atoms with Crippen LogP contribution in [0.15, 0.2) is 11.6 Å². The first-order valence-electron chi connectivity index (χ1n) is 16.7. The smallest absolute Gasteiger partial charge is 0.306 e. The maximum Gasteiger partial charge on any atom is 0.306 e. The lowest BCUT2D eigenvalue weighted by molar-refractivity contribution is -0.226. The molecule has 5 aliphatic rings. The number of rotatable bonds is 6. The lowest BCUT2D eigenvalue weighted by atomic mass is 9.32. The molecular weight excluding hydrogens is 510 g/mol. The van der Waals surface area contributed by atoms with Gasteiger partial charge in [0.2, 0.25) is 5.91 Å². The molecule has 1 N–H and O–H groups in total. The summed E-state index contributed by atoms with van der Waals surface area (Å²) in [6, 6.07) is 0. The number of allylic oxidation sites excluding steroid dienone is 2. The van der Waals surface area contributed by atoms with E-state index in [-0.39, 0.29) is 50.5 Å². The van der Waals surface area contributed by atoms with Gasteiger partial charge in [-0.2, -0.15) is 0 Å². The van der Waals surface area contributed by atoms with Crippen LogP contribution in [0.3, 0.4) is 0 Å². The molecule has 0 aromatic carbocycles. The number of hydrogen-bond acceptors (Lipinski definition) is 4. The third-order valence-electron chi connectivity index (χ3n) is 14.8. The van der Waals surface area contributed by atoms with Crippen molar-refractivity contribution in [2.24, 2.45) is 50.2 Å². The van der Waals surface area contributed by atoms with E-state index < -0.39 is 0 Å². The first-order chi connectivity index (χ1) is 19.1. The molecule has 41 heavy (non-hydrogen) atoms. The fourth-order valence-electron chi connectivity index (χ4n) is 11.4. The predicted molar refractivity (Wildman–Crippen MR) is 163 cm³/mol. The second kappa shape index (κ2) is 10.2. The number of unbranched alkanes of at least 4 members (excludes halogenated alkanes) is 1. The van der Waals surface area contributed by atoms with Crippen LogP contribution in [0.4, 0.5) is 0 Å². The van der Waals surface area contributed by atoms with Gasteiger partial charge in [0.25, 0.3) is 0 Å². The summed E-state index contributed by atoms with van der Waals surface area (Å²) in [6.45, 7) is 17.4. The molecule has 8 unspecified atom stereocenters. The topological polar surface area (TPSA) is 72.5 Å². The molecule has 9 atom stereocenters. The summed E-state index contributed by atoms with van der Waals surface area (Å²) in [5, 5.41) is 3.09. The van der Waals surface area contributed by atoms with Crippen molar-refractivity contribution in [3.05, 3.63) is 11.6 Å². The Labute approximate surface area is 249 Å². The number of hydrogen-bond donors (Lipinski definition) is 1. The second-order valence-electron chi connectivity index (χ2n) is 16.6. The van der Waals surface area contributed by atoms with Crippen LogP contribution in [0.2, 0.25) is 0 Å². The molecule has 5 aliphatic carbocycles. The van der Waals surface area contributed by atoms with Crippen LogP contribution in [0, 0.1) is 50.2 Å². The summed E-state index contributed by atoms with van der Waals surface area (Å²) < 4.78 is 6.09. The molecular formula is C36H57NO4. The standard InChI is InChI=1S/C36H57NO4/c1-24-27(41-29(39)11-9-10-22-38)14-15-34(6)28-13-12-25-26-23-31(2,3)16-20-36(26,30(40)37-8)21-19-33(25,5)35(28,7)18-17-32(24,34)4/h12,22,24,26-28H,9-11,13-21,23H2,1-8H3,(H,37,40)/t24?,26?,27?,28?,32?,33-,34?,35?,36?/m1/s1. The zero-order chi connectivity index (χ0) is 30.1. The Morgan fingerprint density at radius 3 is 2.32 bits per heavy atom. The zero-order valence-corrected chi connectivity index (χ0v) is 27.3. The minimum absolute atomic E-state index is 0.0428. The molecule has 0 aromatic rings. The van der Waals surface area contributed by atoms with Gasteiger partial charge < -0.3 is 14.8 Å². The number of amides is 1. The largest absolute Gasteiger partial charge is 0.462 e. The number of esters is 1. The molecule has 5 nitrogen and oxygen atoms in total. The summed E-state index contributed by atoms with van der Waals surface area (Å²) in [7, 11) is 1.83. The molecule has 0 bridgehead atoms. The van der Waals surface area contributed by atoms with Gasteiger partial charge in [-0.25, -0.2) is 0 Å². The number of fused-ring (bicyclic) bond motifs is 7. The molecule has 4 fully saturated rings. The highest BCUT2D eigenvalue weighted by Crippen LogP contribution is 2.77. The van der Waals surface area contributed by atoms with E-state index in [9.17, 15) is 14.4 Å². The highest BCUT2D eigenvalue weighted by Gasteiger charge is 2.70. The number of carbonyl (C=O) groups excluding carboxylic acids is 3. The van der Waals surface area contributed by atoms with Gasteiger partial charge in [0.15, 0.2) is 0 Å². The van der Waals surface area contributed by atoms with Crippen LogP contribution in [-0.4, -0.2) is 31.3 Å². The fourth-order valence-corrected chi connectivity index (χ4v) is 11.4. The Hall–Kier alpha value is -1.65. The minimum Gasteiger partial charge on any atom is -0.462 e. The van der Waals surface area contributed by atoms with Gasteiger partial charge in [0.1, 0.15) is 12.4 Å². The van der Waals surface area contributed by atoms with Crippen molar-refractivity contribution < 1.29 is 19.1 Å². The molecule has 1 amide bonds. The summed E-state index contributed by atoms with van der Waals surface area (Å²) in [5.74, 6) is 1.32. The van der Waals surface area contributed by atoms with Crippen molar-refractivity contribution in [2.45, 2.75) is 138 Å². The van der Waals surface area contributed by atoms with Crippen LogP contribution in [-0.2, 0) is 19.1 Å². The Morgan fingerprint density at radius 1 is 0.951 bits per heavy atom. The molecule has 0 spiro atoms. The normalized spacial score (nSPS) is 46.5. The number of nitrogens with one attached hydrogen (secondary N) is 1. The molecule has 0 radical (unpaired) electrons. The van der Waals surface area contributed by atoms with Gasteiger partial charge in [-0.3, -0.25) is 9.59 Å². The molecule has 0 heterocycles. The van der Waals surface area contributed by atoms with Crippen molar-refractivity contribution in [1.82, 2.24) is 5.32 Å². The summed E-state index contributed by atoms with van der Waals surface area (Å²) in [4.78, 5) is 36.9. The Bertz CT molecular complexity index is 1110. The Morgan fingerprint density at radius 2 is 1.63 bits per heavy atom. The molecule has 230 valence electrons. The van der Waals surface area contributed by atoms with E-state index in [1.807, 2.05) is 7.05 Å². The van der Waals surface area contributed by atoms with Crippen LogP contribution >= 0.6 is 0 Å². The molecule has 5 heteroatoms. The van der Waals surface area contributed by atoms with Crippen molar-refractivity contribution in [3.63, 3.8) is 0 Å². The van der Waals surface area contributed by atoms with Crippen LogP contribution in [0.5, 0.6) is 0 Å². The molecule has 5 rings (SSSR count). The van der Waals surface area contributed by atoms with E-state index in [1.54, 1.807) is 5.57 Å². The van der Waals surface area contributed by atoms with E-state index in [1.165, 1.54) is 6.42 Å². The third-order valence-corrected chi connectivity index (χ3v) is 14.8. The lowest BCUT2D eigenvalue weighted by Gasteiger charge is -2.73. The quantitative estimate of drug-likeness (QED) is 0.154. The van der Waals surface area contributed by atoms with Crippen molar-refractivity contribution in [2.75, 3.05) is 7.05 Å². The van der Waals surface area contributed by atoms with E-state index in [2.05, 4.69) is 59.9 Å². The first kappa shape index (κ1) is 30.8. The van der Waals surface area contributed by atoms with E-state index in [0.29, 0.717) is 37.0 Å². The van der Waals surface area contributed by atoms with E-state index in [0.717, 1.165) is 64.1 Å².